The summed E-state index contributed by atoms with van der Waals surface area (Å²) >= 11 is 0. The van der Waals surface area contributed by atoms with Crippen LogP contribution in [0, 0.1) is 5.92 Å². The van der Waals surface area contributed by atoms with Gasteiger partial charge in [0.2, 0.25) is 5.91 Å². The number of imidazole rings is 1. The molecule has 190 valence electrons. The van der Waals surface area contributed by atoms with Crippen molar-refractivity contribution in [1.29, 1.82) is 0 Å². The van der Waals surface area contributed by atoms with Crippen molar-refractivity contribution in [2.45, 2.75) is 26.2 Å². The van der Waals surface area contributed by atoms with Gasteiger partial charge in [0.25, 0.3) is 11.8 Å². The van der Waals surface area contributed by atoms with E-state index in [1.165, 1.54) is 11.8 Å². The molecule has 1 aliphatic rings. The molecule has 2 aromatic heterocycles. The highest BCUT2D eigenvalue weighted by molar-refractivity contribution is 5.97. The van der Waals surface area contributed by atoms with Crippen LogP contribution in [-0.4, -0.2) is 71.4 Å². The van der Waals surface area contributed by atoms with E-state index in [1.54, 1.807) is 27.5 Å². The Bertz CT molecular complexity index is 1200. The predicted molar refractivity (Wildman–Crippen MR) is 136 cm³/mol. The summed E-state index contributed by atoms with van der Waals surface area (Å²) in [4.78, 5) is 44.1. The lowest BCUT2D eigenvalue weighted by Gasteiger charge is -2.26. The number of carbonyl (C=O) groups excluding carboxylic acids is 3. The summed E-state index contributed by atoms with van der Waals surface area (Å²) in [5.41, 5.74) is 2.21. The molecular formula is C27H33N5O4. The first-order valence-electron chi connectivity index (χ1n) is 12.4. The molecule has 9 heteroatoms. The highest BCUT2D eigenvalue weighted by Crippen LogP contribution is 2.23. The Morgan fingerprint density at radius 1 is 0.972 bits per heavy atom. The van der Waals surface area contributed by atoms with Crippen molar-refractivity contribution >= 4 is 23.4 Å². The Morgan fingerprint density at radius 3 is 2.44 bits per heavy atom. The number of rotatable bonds is 9. The summed E-state index contributed by atoms with van der Waals surface area (Å²) in [7, 11) is 0. The molecule has 1 aliphatic heterocycles. The van der Waals surface area contributed by atoms with Gasteiger partial charge < -0.3 is 20.3 Å². The van der Waals surface area contributed by atoms with Crippen LogP contribution in [0.5, 0.6) is 0 Å². The summed E-state index contributed by atoms with van der Waals surface area (Å²) < 4.78 is 6.86. The normalized spacial score (nSPS) is 14.6. The van der Waals surface area contributed by atoms with Gasteiger partial charge in [0, 0.05) is 31.7 Å². The Kier molecular flexibility index (Phi) is 8.32. The van der Waals surface area contributed by atoms with Crippen molar-refractivity contribution < 1.29 is 19.1 Å². The number of amides is 3. The fourth-order valence-electron chi connectivity index (χ4n) is 4.41. The largest absolute Gasteiger partial charge is 0.378 e. The lowest BCUT2D eigenvalue weighted by atomic mass is 9.90. The number of benzene rings is 1. The first-order chi connectivity index (χ1) is 17.4. The van der Waals surface area contributed by atoms with E-state index in [0.717, 1.165) is 6.42 Å². The molecule has 0 aliphatic carbocycles. The van der Waals surface area contributed by atoms with E-state index in [9.17, 15) is 14.4 Å². The van der Waals surface area contributed by atoms with Crippen molar-refractivity contribution in [3.05, 3.63) is 71.7 Å². The smallest absolute Gasteiger partial charge is 0.271 e. The number of aromatic nitrogens is 2. The summed E-state index contributed by atoms with van der Waals surface area (Å²) in [5.74, 6) is -0.183. The molecule has 0 bridgehead atoms. The van der Waals surface area contributed by atoms with Crippen molar-refractivity contribution in [1.82, 2.24) is 24.9 Å². The fraction of sp³-hybridized carbons (Fsp3) is 0.407. The van der Waals surface area contributed by atoms with Crippen LogP contribution >= 0.6 is 0 Å². The van der Waals surface area contributed by atoms with Gasteiger partial charge in [-0.3, -0.25) is 18.8 Å². The van der Waals surface area contributed by atoms with Gasteiger partial charge in [0.1, 0.15) is 17.0 Å². The standard InChI is InChI=1S/C27H33N5O4/c1-19(2)15-21(20-7-4-3-5-8-20)16-28-27(35)23-9-6-10-24-30-22(18-32(23)24)26(34)29-17-25(33)31-11-13-36-14-12-31/h3-10,18-19,21H,11-17H2,1-2H3,(H,28,35)(H,29,34). The van der Waals surface area contributed by atoms with Crippen LogP contribution in [-0.2, 0) is 9.53 Å². The van der Waals surface area contributed by atoms with Crippen LogP contribution in [0.1, 0.15) is 52.7 Å². The minimum atomic E-state index is -0.465. The minimum Gasteiger partial charge on any atom is -0.378 e. The summed E-state index contributed by atoms with van der Waals surface area (Å²) in [5, 5.41) is 5.70. The number of ether oxygens (including phenoxy) is 1. The maximum atomic E-state index is 13.1. The predicted octanol–water partition coefficient (Wildman–Crippen LogP) is 2.48. The molecule has 1 atom stereocenters. The van der Waals surface area contributed by atoms with Crippen molar-refractivity contribution in [2.75, 3.05) is 39.4 Å². The molecule has 9 nitrogen and oxygen atoms in total. The zero-order valence-corrected chi connectivity index (χ0v) is 20.8. The van der Waals surface area contributed by atoms with E-state index in [4.69, 9.17) is 4.74 Å². The maximum absolute atomic E-state index is 13.1. The number of carbonyl (C=O) groups is 3. The number of pyridine rings is 1. The number of hydrogen-bond acceptors (Lipinski definition) is 5. The zero-order valence-electron chi connectivity index (χ0n) is 20.8. The third kappa shape index (κ3) is 6.28. The Morgan fingerprint density at radius 2 is 1.72 bits per heavy atom. The van der Waals surface area contributed by atoms with Crippen LogP contribution in [0.3, 0.4) is 0 Å². The van der Waals surface area contributed by atoms with Crippen molar-refractivity contribution in [3.8, 4) is 0 Å². The monoisotopic (exact) mass is 491 g/mol. The third-order valence-electron chi connectivity index (χ3n) is 6.26. The van der Waals surface area contributed by atoms with Gasteiger partial charge in [-0.2, -0.15) is 0 Å². The molecule has 36 heavy (non-hydrogen) atoms. The number of nitrogens with zero attached hydrogens (tertiary/aromatic N) is 3. The zero-order chi connectivity index (χ0) is 25.5. The molecular weight excluding hydrogens is 458 g/mol. The van der Waals surface area contributed by atoms with Crippen molar-refractivity contribution in [2.24, 2.45) is 5.92 Å². The summed E-state index contributed by atoms with van der Waals surface area (Å²) in [6, 6.07) is 15.4. The molecule has 3 aromatic rings. The van der Waals surface area contributed by atoms with Crippen molar-refractivity contribution in [3.63, 3.8) is 0 Å². The Hall–Kier alpha value is -3.72. The van der Waals surface area contributed by atoms with Crippen LogP contribution < -0.4 is 10.6 Å². The molecule has 1 aromatic carbocycles. The molecule has 3 heterocycles. The van der Waals surface area contributed by atoms with Gasteiger partial charge in [-0.15, -0.1) is 0 Å². The van der Waals surface area contributed by atoms with E-state index in [2.05, 4.69) is 41.6 Å². The lowest BCUT2D eigenvalue weighted by molar-refractivity contribution is -0.134. The fourth-order valence-corrected chi connectivity index (χ4v) is 4.41. The average Bonchev–Trinajstić information content (AvgIpc) is 3.35. The maximum Gasteiger partial charge on any atom is 0.271 e. The van der Waals surface area contributed by atoms with Crippen LogP contribution in [0.15, 0.2) is 54.7 Å². The number of fused-ring (bicyclic) bond motifs is 1. The molecule has 1 saturated heterocycles. The number of morpholine rings is 1. The second-order valence-electron chi connectivity index (χ2n) is 9.39. The SMILES string of the molecule is CC(C)CC(CNC(=O)c1cccc2nc(C(=O)NCC(=O)N3CCOCC3)cn12)c1ccccc1. The molecule has 1 fully saturated rings. The van der Waals surface area contributed by atoms with Gasteiger partial charge in [-0.25, -0.2) is 4.98 Å². The van der Waals surface area contributed by atoms with Gasteiger partial charge in [-0.05, 0) is 30.0 Å². The van der Waals surface area contributed by atoms with Gasteiger partial charge in [-0.1, -0.05) is 50.2 Å². The van der Waals surface area contributed by atoms with E-state index < -0.39 is 5.91 Å². The second kappa shape index (κ2) is 11.8. The molecule has 0 radical (unpaired) electrons. The second-order valence-corrected chi connectivity index (χ2v) is 9.39. The Labute approximate surface area is 210 Å². The van der Waals surface area contributed by atoms with Crippen LogP contribution in [0.2, 0.25) is 0 Å². The summed E-state index contributed by atoms with van der Waals surface area (Å²) in [6.07, 6.45) is 2.48. The number of hydrogen-bond donors (Lipinski definition) is 2. The van der Waals surface area contributed by atoms with E-state index >= 15 is 0 Å². The molecule has 1 unspecified atom stereocenters. The molecule has 0 spiro atoms. The Balaban J connectivity index is 1.42. The van der Waals surface area contributed by atoms with Gasteiger partial charge in [0.15, 0.2) is 0 Å². The van der Waals surface area contributed by atoms with E-state index in [0.29, 0.717) is 50.1 Å². The van der Waals surface area contributed by atoms with Gasteiger partial charge in [0.05, 0.1) is 19.8 Å². The topological polar surface area (TPSA) is 105 Å². The minimum absolute atomic E-state index is 0.114. The van der Waals surface area contributed by atoms with E-state index in [1.807, 2.05) is 18.2 Å². The summed E-state index contributed by atoms with van der Waals surface area (Å²) in [6.45, 7) is 6.77. The highest BCUT2D eigenvalue weighted by atomic mass is 16.5. The van der Waals surface area contributed by atoms with Crippen LogP contribution in [0.25, 0.3) is 5.65 Å². The lowest BCUT2D eigenvalue weighted by Crippen LogP contribution is -2.45. The first kappa shape index (κ1) is 25.4. The van der Waals surface area contributed by atoms with E-state index in [-0.39, 0.29) is 30.0 Å². The molecule has 2 N–H and O–H groups in total. The molecule has 3 amide bonds. The third-order valence-corrected chi connectivity index (χ3v) is 6.26. The average molecular weight is 492 g/mol. The highest BCUT2D eigenvalue weighted by Gasteiger charge is 2.20. The van der Waals surface area contributed by atoms with Gasteiger partial charge >= 0.3 is 0 Å². The number of nitrogens with one attached hydrogen (secondary N) is 2. The quantitative estimate of drug-likeness (QED) is 0.479. The molecule has 4 rings (SSSR count). The van der Waals surface area contributed by atoms with Crippen LogP contribution in [0.4, 0.5) is 0 Å². The molecule has 0 saturated carbocycles. The first-order valence-corrected chi connectivity index (χ1v) is 12.4.